The molecule has 21 rings (SSSR count). The molecule has 0 radical (unpaired) electrons. The van der Waals surface area contributed by atoms with E-state index in [0.29, 0.717) is 24.2 Å². The number of carbonyl (C=O) groups excluding carboxylic acids is 1. The van der Waals surface area contributed by atoms with Crippen molar-refractivity contribution in [1.29, 1.82) is 0 Å². The van der Waals surface area contributed by atoms with Crippen molar-refractivity contribution >= 4 is 99.2 Å². The van der Waals surface area contributed by atoms with Gasteiger partial charge in [0.15, 0.2) is 0 Å². The number of methoxy groups -OCH3 is 1. The van der Waals surface area contributed by atoms with Crippen molar-refractivity contribution in [2.75, 3.05) is 31.0 Å². The first-order chi connectivity index (χ1) is 57.3. The first kappa shape index (κ1) is 86.5. The van der Waals surface area contributed by atoms with Gasteiger partial charge in [-0.05, 0) is 272 Å². The average molecular weight is 1660 g/mol. The lowest BCUT2D eigenvalue weighted by atomic mass is 9.80. The molecule has 19 nitrogen and oxygen atoms in total. The van der Waals surface area contributed by atoms with Crippen molar-refractivity contribution in [1.82, 2.24) is 47.9 Å². The second kappa shape index (κ2) is 40.1. The highest BCUT2D eigenvalue weighted by molar-refractivity contribution is 9.10. The Morgan fingerprint density at radius 3 is 1.58 bits per heavy atom. The highest BCUT2D eigenvalue weighted by atomic mass is 79.9. The topological polar surface area (TPSA) is 217 Å². The van der Waals surface area contributed by atoms with E-state index in [-0.39, 0.29) is 47.4 Å². The average Bonchev–Trinajstić information content (AvgIpc) is 2.19. The molecule has 1 fully saturated rings. The predicted octanol–water partition coefficient (Wildman–Crippen LogP) is 21.3. The Labute approximate surface area is 701 Å². The van der Waals surface area contributed by atoms with Gasteiger partial charge in [0, 0.05) is 71.2 Å². The fourth-order valence-corrected chi connectivity index (χ4v) is 18.2. The van der Waals surface area contributed by atoms with E-state index in [1.54, 1.807) is 7.11 Å². The van der Waals surface area contributed by atoms with Crippen LogP contribution in [0.15, 0.2) is 206 Å². The van der Waals surface area contributed by atoms with Gasteiger partial charge >= 0.3 is 22.8 Å². The molecule has 0 bridgehead atoms. The number of pyridine rings is 2. The Bertz CT molecular complexity index is 5950. The summed E-state index contributed by atoms with van der Waals surface area (Å²) in [6.45, 7) is 25.0. The zero-order chi connectivity index (χ0) is 83.8. The van der Waals surface area contributed by atoms with Gasteiger partial charge in [0.2, 0.25) is 0 Å². The van der Waals surface area contributed by atoms with Crippen LogP contribution in [0.25, 0.3) is 65.9 Å². The highest BCUT2D eigenvalue weighted by Gasteiger charge is 2.31. The molecule has 4 N–H and O–H groups in total. The van der Waals surface area contributed by atoms with E-state index in [9.17, 15) is 24.0 Å². The van der Waals surface area contributed by atoms with Crippen molar-refractivity contribution in [3.63, 3.8) is 0 Å². The number of aryl methyl sites for hydroxylation is 8. The number of nitrogens with zero attached hydrogens (tertiary/aromatic N) is 8. The standard InChI is InChI=1S/C17H22N2O.C13H17NO2.C12H14N2O2.C12H14N2O.C11H12N2O.C10H13N.C10H9N.C9H6BrN.2C2H6/c1-11-7-8-14-13(12-5-3-2-4-6-12)9-10-15-16(14)19(11)17(20)18-15;1-10-7-8-11-5-3-4-6-12(11)14(10)13(15)9-16-2;1-8-6-7-9-4-3-5-10-11(9)13(8)12(15)14(10)16-2;1-7-3-6-10-11-9(7)5-4-8(2)14(11)12(15)13-10;1-7-5-6-8-3-2-4-9-10(8)13(7)11(14)12-9;2*1-8-6-7-9-4-2-3-5-10(9)11-8;10-9-6-5-7-3-1-2-4-8(7)11-9;2*1-2/h9-12H,2-8H2,1H3,(H,18,20);3-6,10H,7-9H2,1-2H3;3-5,8H,6-7H2,1-2H3;3,6,8H,4-5H2,1-2H3,(H,13,15);2-4,7H,5-6H2,1H3,(H,12,14);2-5,8,11H,6-7H2,1H3;2-7H,1H3;1-6H;2*1-2H3. The van der Waals surface area contributed by atoms with Gasteiger partial charge in [-0.1, -0.05) is 168 Å². The fourth-order valence-electron chi connectivity index (χ4n) is 17.9. The summed E-state index contributed by atoms with van der Waals surface area (Å²) < 4.78 is 14.8. The van der Waals surface area contributed by atoms with E-state index in [4.69, 9.17) is 9.57 Å². The van der Waals surface area contributed by atoms with E-state index in [2.05, 4.69) is 173 Å². The lowest BCUT2D eigenvalue weighted by Gasteiger charge is -2.35. The maximum Gasteiger partial charge on any atom is 0.362 e. The number of hydrogen-bond donors (Lipinski definition) is 4. The summed E-state index contributed by atoms with van der Waals surface area (Å²) in [6, 6.07) is 63.7. The SMILES string of the molecule is Brc1ccc2ccccc2n1.CC.CC.CC1CCc2c(C3CCCCC3)ccc3[nH]c(=O)n1c23.CC1CCc2cccc3[nH]c(=O)n1c23.CC1CCc2ccccc2N1.COCC(=O)N1c2ccccc2CCC1C.COn1c(=O)n2c3c(cccc31)CCC2C.Cc1ccc2[nH]c(=O)n3c2c1CCC3C.Cc1ccc2ccccc2n1. The second-order valence-electron chi connectivity index (χ2n) is 31.7. The van der Waals surface area contributed by atoms with Gasteiger partial charge in [-0.2, -0.15) is 0 Å². The Morgan fingerprint density at radius 1 is 0.449 bits per heavy atom. The Hall–Kier alpha value is -10.8. The summed E-state index contributed by atoms with van der Waals surface area (Å²) in [5, 5.41) is 5.84. The summed E-state index contributed by atoms with van der Waals surface area (Å²) in [7, 11) is 3.08. The molecule has 0 spiro atoms. The van der Waals surface area contributed by atoms with Crippen LogP contribution in [0.5, 0.6) is 0 Å². The van der Waals surface area contributed by atoms with Crippen molar-refractivity contribution in [3.8, 4) is 0 Å². The number of hydrogen-bond acceptors (Lipinski definition) is 10. The minimum absolute atomic E-state index is 0.0275. The van der Waals surface area contributed by atoms with E-state index in [1.165, 1.54) is 123 Å². The van der Waals surface area contributed by atoms with Gasteiger partial charge in [0.05, 0.1) is 49.7 Å². The number of carbonyl (C=O) groups is 1. The van der Waals surface area contributed by atoms with Crippen LogP contribution in [0.2, 0.25) is 0 Å². The number of benzene rings is 8. The van der Waals surface area contributed by atoms with Crippen LogP contribution in [0.3, 0.4) is 0 Å². The summed E-state index contributed by atoms with van der Waals surface area (Å²) in [6.07, 6.45) is 19.9. The molecule has 20 heteroatoms. The molecular weight excluding hydrogens is 1540 g/mol. The number of anilines is 2. The molecular formula is C98H119BrN12O7. The highest BCUT2D eigenvalue weighted by Crippen LogP contribution is 2.41. The number of imidazole rings is 4. The van der Waals surface area contributed by atoms with Crippen molar-refractivity contribution in [2.45, 2.75) is 234 Å². The van der Waals surface area contributed by atoms with Gasteiger partial charge in [-0.25, -0.2) is 24.2 Å². The normalized spacial score (nSPS) is 18.1. The fraction of sp³-hybridized carbons (Fsp3) is 0.398. The largest absolute Gasteiger partial charge is 0.412 e. The molecule has 0 saturated heterocycles. The smallest absolute Gasteiger partial charge is 0.362 e. The number of H-pyrrole nitrogens is 3. The van der Waals surface area contributed by atoms with Crippen LogP contribution >= 0.6 is 15.9 Å². The molecule has 6 atom stereocenters. The molecule has 6 unspecified atom stereocenters. The minimum Gasteiger partial charge on any atom is -0.412 e. The second-order valence-corrected chi connectivity index (χ2v) is 32.5. The summed E-state index contributed by atoms with van der Waals surface area (Å²) in [5.41, 5.74) is 24.8. The van der Waals surface area contributed by atoms with Gasteiger partial charge < -0.3 is 34.7 Å². The van der Waals surface area contributed by atoms with Gasteiger partial charge in [-0.15, -0.1) is 4.73 Å². The predicted molar refractivity (Wildman–Crippen MR) is 489 cm³/mol. The zero-order valence-electron chi connectivity index (χ0n) is 71.4. The third-order valence-corrected chi connectivity index (χ3v) is 24.3. The number of nitrogens with one attached hydrogen (secondary N) is 4. The van der Waals surface area contributed by atoms with Crippen LogP contribution in [0, 0.1) is 13.8 Å². The minimum atomic E-state index is -0.0721. The van der Waals surface area contributed by atoms with E-state index in [0.717, 1.165) is 136 Å². The molecule has 8 aromatic carbocycles. The lowest BCUT2D eigenvalue weighted by Crippen LogP contribution is -2.43. The number of para-hydroxylation sites is 6. The number of fused-ring (bicyclic) bond motifs is 4. The quantitative estimate of drug-likeness (QED) is 0.122. The molecule has 14 aromatic rings. The van der Waals surface area contributed by atoms with E-state index < -0.39 is 0 Å². The number of aromatic nitrogens is 10. The molecule has 118 heavy (non-hydrogen) atoms. The van der Waals surface area contributed by atoms with Gasteiger partial charge in [-0.3, -0.25) is 28.0 Å². The van der Waals surface area contributed by atoms with Crippen molar-refractivity contribution in [3.05, 3.63) is 279 Å². The maximum atomic E-state index is 12.2. The van der Waals surface area contributed by atoms with E-state index >= 15 is 0 Å². The van der Waals surface area contributed by atoms with Crippen molar-refractivity contribution < 1.29 is 14.4 Å². The summed E-state index contributed by atoms with van der Waals surface area (Å²) >= 11 is 3.32. The molecule has 7 aliphatic rings. The first-order valence-electron chi connectivity index (χ1n) is 42.8. The van der Waals surface area contributed by atoms with Crippen LogP contribution in [-0.4, -0.2) is 86.7 Å². The number of aromatic amines is 3. The first-order valence-corrected chi connectivity index (χ1v) is 43.6. The molecule has 6 aromatic heterocycles. The molecule has 1 amide bonds. The number of halogens is 1. The third-order valence-electron chi connectivity index (χ3n) is 23.9. The van der Waals surface area contributed by atoms with Crippen LogP contribution < -0.4 is 37.8 Å². The molecule has 6 aliphatic heterocycles. The van der Waals surface area contributed by atoms with E-state index in [1.807, 2.05) is 161 Å². The zero-order valence-corrected chi connectivity index (χ0v) is 73.0. The van der Waals surface area contributed by atoms with Crippen molar-refractivity contribution in [2.24, 2.45) is 0 Å². The lowest BCUT2D eigenvalue weighted by molar-refractivity contribution is -0.122. The third kappa shape index (κ3) is 19.1. The Morgan fingerprint density at radius 2 is 0.941 bits per heavy atom. The van der Waals surface area contributed by atoms with Crippen LogP contribution in [-0.2, 0) is 48.1 Å². The summed E-state index contributed by atoms with van der Waals surface area (Å²) in [5.74, 6) is 0.761. The van der Waals surface area contributed by atoms with Crippen LogP contribution in [0.4, 0.5) is 11.4 Å². The summed E-state index contributed by atoms with van der Waals surface area (Å²) in [4.78, 5) is 84.3. The Kier molecular flexibility index (Phi) is 29.4. The maximum absolute atomic E-state index is 12.2. The van der Waals surface area contributed by atoms with Gasteiger partial charge in [0.1, 0.15) is 23.8 Å². The molecule has 1 aliphatic carbocycles. The molecule has 12 heterocycles. The monoisotopic (exact) mass is 1650 g/mol. The molecule has 1 saturated carbocycles. The Balaban J connectivity index is 0.000000124. The number of amides is 1. The number of ether oxygens (including phenoxy) is 1. The van der Waals surface area contributed by atoms with Crippen LogP contribution in [0.1, 0.15) is 220 Å². The molecule has 620 valence electrons. The number of rotatable bonds is 4. The van der Waals surface area contributed by atoms with Gasteiger partial charge in [0.25, 0.3) is 5.91 Å².